The molecule has 2 aromatic rings. The molecule has 1 unspecified atom stereocenters. The molecule has 0 aliphatic carbocycles. The molecule has 1 heterocycles. The van der Waals surface area contributed by atoms with Crippen LogP contribution in [-0.4, -0.2) is 24.5 Å². The van der Waals surface area contributed by atoms with Crippen LogP contribution in [0.1, 0.15) is 56.4 Å². The van der Waals surface area contributed by atoms with Crippen molar-refractivity contribution in [3.05, 3.63) is 53.2 Å². The van der Waals surface area contributed by atoms with Gasteiger partial charge in [0.25, 0.3) is 0 Å². The molecule has 0 fully saturated rings. The van der Waals surface area contributed by atoms with Crippen LogP contribution >= 0.6 is 24.0 Å². The van der Waals surface area contributed by atoms with Crippen molar-refractivity contribution in [1.29, 1.82) is 0 Å². The van der Waals surface area contributed by atoms with E-state index in [1.165, 1.54) is 11.1 Å². The van der Waals surface area contributed by atoms with E-state index < -0.39 is 0 Å². The average Bonchev–Trinajstić information content (AvgIpc) is 3.04. The minimum Gasteiger partial charge on any atom is -0.443 e. The number of hydrogen-bond acceptors (Lipinski definition) is 3. The smallest absolute Gasteiger partial charge is 0.213 e. The van der Waals surface area contributed by atoms with Crippen LogP contribution in [0.15, 0.2) is 39.9 Å². The summed E-state index contributed by atoms with van der Waals surface area (Å²) in [6, 6.07) is 8.65. The molecule has 0 spiro atoms. The van der Waals surface area contributed by atoms with Gasteiger partial charge in [-0.05, 0) is 18.4 Å². The molecule has 0 radical (unpaired) electrons. The molecule has 0 bridgehead atoms. The molecule has 26 heavy (non-hydrogen) atoms. The van der Waals surface area contributed by atoms with Crippen LogP contribution < -0.4 is 10.6 Å². The fourth-order valence-electron chi connectivity index (χ4n) is 2.38. The van der Waals surface area contributed by atoms with Crippen LogP contribution in [0.4, 0.5) is 0 Å². The van der Waals surface area contributed by atoms with Crippen LogP contribution in [0.25, 0.3) is 0 Å². The highest BCUT2D eigenvalue weighted by Gasteiger charge is 2.19. The highest BCUT2D eigenvalue weighted by molar-refractivity contribution is 14.0. The molecule has 1 atom stereocenters. The second-order valence-corrected chi connectivity index (χ2v) is 7.49. The predicted octanol–water partition coefficient (Wildman–Crippen LogP) is 4.37. The zero-order chi connectivity index (χ0) is 18.4. The van der Waals surface area contributed by atoms with Crippen LogP contribution in [0.3, 0.4) is 0 Å². The van der Waals surface area contributed by atoms with Crippen molar-refractivity contribution in [2.45, 2.75) is 52.5 Å². The van der Waals surface area contributed by atoms with Gasteiger partial charge in [0, 0.05) is 19.0 Å². The summed E-state index contributed by atoms with van der Waals surface area (Å²) >= 11 is 0. The zero-order valence-corrected chi connectivity index (χ0v) is 18.9. The summed E-state index contributed by atoms with van der Waals surface area (Å²) in [4.78, 5) is 8.59. The predicted molar refractivity (Wildman–Crippen MR) is 118 cm³/mol. The summed E-state index contributed by atoms with van der Waals surface area (Å²) in [7, 11) is 1.77. The fraction of sp³-hybridized carbons (Fsp3) is 0.500. The number of aromatic nitrogens is 1. The van der Waals surface area contributed by atoms with Gasteiger partial charge < -0.3 is 15.1 Å². The first-order valence-corrected chi connectivity index (χ1v) is 8.76. The third-order valence-electron chi connectivity index (χ3n) is 4.15. The summed E-state index contributed by atoms with van der Waals surface area (Å²) in [5.41, 5.74) is 2.56. The SMILES string of the molecule is CN=C(NCc1ncc(C(C)(C)C)o1)NCC(C)c1ccc(C)cc1.I. The van der Waals surface area contributed by atoms with Crippen LogP contribution in [-0.2, 0) is 12.0 Å². The first kappa shape index (κ1) is 22.5. The second kappa shape index (κ2) is 9.94. The number of nitrogens with zero attached hydrogens (tertiary/aromatic N) is 2. The lowest BCUT2D eigenvalue weighted by atomic mass is 9.94. The topological polar surface area (TPSA) is 62.5 Å². The molecular formula is C20H31IN4O. The molecule has 0 saturated heterocycles. The van der Waals surface area contributed by atoms with Crippen molar-refractivity contribution >= 4 is 29.9 Å². The number of halogens is 1. The second-order valence-electron chi connectivity index (χ2n) is 7.49. The van der Waals surface area contributed by atoms with E-state index >= 15 is 0 Å². The largest absolute Gasteiger partial charge is 0.443 e. The Hall–Kier alpha value is -1.57. The van der Waals surface area contributed by atoms with Crippen molar-refractivity contribution in [3.8, 4) is 0 Å². The molecular weight excluding hydrogens is 439 g/mol. The van der Waals surface area contributed by atoms with Gasteiger partial charge in [-0.1, -0.05) is 57.5 Å². The van der Waals surface area contributed by atoms with Gasteiger partial charge in [-0.15, -0.1) is 24.0 Å². The van der Waals surface area contributed by atoms with E-state index in [-0.39, 0.29) is 29.4 Å². The quantitative estimate of drug-likeness (QED) is 0.387. The van der Waals surface area contributed by atoms with E-state index in [4.69, 9.17) is 4.42 Å². The standard InChI is InChI=1S/C20H30N4O.HI/c1-14-7-9-16(10-8-14)15(2)11-23-19(21-6)24-13-18-22-12-17(25-18)20(3,4)5;/h7-10,12,15H,11,13H2,1-6H3,(H2,21,23,24);1H. The van der Waals surface area contributed by atoms with Gasteiger partial charge in [0.05, 0.1) is 12.7 Å². The third-order valence-corrected chi connectivity index (χ3v) is 4.15. The molecule has 2 rings (SSSR count). The van der Waals surface area contributed by atoms with Crippen molar-refractivity contribution in [1.82, 2.24) is 15.6 Å². The summed E-state index contributed by atoms with van der Waals surface area (Å²) in [6.45, 7) is 11.9. The number of rotatable bonds is 5. The summed E-state index contributed by atoms with van der Waals surface area (Å²) < 4.78 is 5.79. The van der Waals surface area contributed by atoms with Crippen molar-refractivity contribution in [3.63, 3.8) is 0 Å². The number of aryl methyl sites for hydroxylation is 1. The summed E-state index contributed by atoms with van der Waals surface area (Å²) in [5.74, 6) is 2.70. The van der Waals surface area contributed by atoms with Gasteiger partial charge in [-0.25, -0.2) is 4.98 Å². The molecule has 0 aliphatic heterocycles. The molecule has 5 nitrogen and oxygen atoms in total. The van der Waals surface area contributed by atoms with Gasteiger partial charge in [-0.2, -0.15) is 0 Å². The van der Waals surface area contributed by atoms with E-state index in [0.29, 0.717) is 18.4 Å². The number of hydrogen-bond donors (Lipinski definition) is 2. The third kappa shape index (κ3) is 6.63. The first-order chi connectivity index (χ1) is 11.8. The zero-order valence-electron chi connectivity index (χ0n) is 16.6. The number of oxazole rings is 1. The minimum absolute atomic E-state index is 0. The van der Waals surface area contributed by atoms with Crippen LogP contribution in [0, 0.1) is 6.92 Å². The van der Waals surface area contributed by atoms with Gasteiger partial charge >= 0.3 is 0 Å². The monoisotopic (exact) mass is 470 g/mol. The number of guanidine groups is 1. The van der Waals surface area contributed by atoms with Crippen molar-refractivity contribution < 1.29 is 4.42 Å². The Bertz CT molecular complexity index is 701. The summed E-state index contributed by atoms with van der Waals surface area (Å²) in [6.07, 6.45) is 1.80. The maximum Gasteiger partial charge on any atom is 0.213 e. The molecule has 0 amide bonds. The lowest BCUT2D eigenvalue weighted by Crippen LogP contribution is -2.38. The van der Waals surface area contributed by atoms with Gasteiger partial charge in [0.15, 0.2) is 5.96 Å². The van der Waals surface area contributed by atoms with Crippen molar-refractivity contribution in [2.24, 2.45) is 4.99 Å². The van der Waals surface area contributed by atoms with Gasteiger partial charge in [-0.3, -0.25) is 4.99 Å². The van der Waals surface area contributed by atoms with Gasteiger partial charge in [0.2, 0.25) is 5.89 Å². The Kier molecular flexibility index (Phi) is 8.59. The Morgan fingerprint density at radius 3 is 2.38 bits per heavy atom. The Morgan fingerprint density at radius 1 is 1.19 bits per heavy atom. The lowest BCUT2D eigenvalue weighted by Gasteiger charge is -2.16. The van der Waals surface area contributed by atoms with Crippen LogP contribution in [0.5, 0.6) is 0 Å². The molecule has 0 saturated carbocycles. The minimum atomic E-state index is -0.0331. The Balaban J connectivity index is 0.00000338. The van der Waals surface area contributed by atoms with Crippen LogP contribution in [0.2, 0.25) is 0 Å². The van der Waals surface area contributed by atoms with E-state index in [1.807, 2.05) is 0 Å². The van der Waals surface area contributed by atoms with Gasteiger partial charge in [0.1, 0.15) is 5.76 Å². The Labute approximate surface area is 174 Å². The van der Waals surface area contributed by atoms with E-state index in [0.717, 1.165) is 18.3 Å². The maximum absolute atomic E-state index is 5.79. The highest BCUT2D eigenvalue weighted by Crippen LogP contribution is 2.22. The molecule has 6 heteroatoms. The molecule has 144 valence electrons. The normalized spacial score (nSPS) is 13.1. The van der Waals surface area contributed by atoms with E-state index in [1.54, 1.807) is 13.2 Å². The van der Waals surface area contributed by atoms with E-state index in [9.17, 15) is 0 Å². The fourth-order valence-corrected chi connectivity index (χ4v) is 2.38. The molecule has 2 N–H and O–H groups in total. The van der Waals surface area contributed by atoms with E-state index in [2.05, 4.69) is 79.5 Å². The number of benzene rings is 1. The maximum atomic E-state index is 5.79. The molecule has 1 aromatic heterocycles. The number of nitrogens with one attached hydrogen (secondary N) is 2. The average molecular weight is 470 g/mol. The Morgan fingerprint density at radius 2 is 1.85 bits per heavy atom. The molecule has 1 aromatic carbocycles. The molecule has 0 aliphatic rings. The number of aliphatic imine (C=N–C) groups is 1. The van der Waals surface area contributed by atoms with Crippen molar-refractivity contribution in [2.75, 3.05) is 13.6 Å². The summed E-state index contributed by atoms with van der Waals surface area (Å²) in [5, 5.41) is 6.61. The first-order valence-electron chi connectivity index (χ1n) is 8.76. The highest BCUT2D eigenvalue weighted by atomic mass is 127. The lowest BCUT2D eigenvalue weighted by molar-refractivity contribution is 0.379.